The average Bonchev–Trinajstić information content (AvgIpc) is 2.79. The topological polar surface area (TPSA) is 75.3 Å². The van der Waals surface area contributed by atoms with Crippen molar-refractivity contribution in [3.8, 4) is 11.1 Å². The molecule has 0 aromatic heterocycles. The van der Waals surface area contributed by atoms with Crippen LogP contribution in [0, 0.1) is 0 Å². The fraction of sp³-hybridized carbons (Fsp3) is 0.0385. The molecule has 0 saturated carbocycles. The van der Waals surface area contributed by atoms with E-state index in [4.69, 9.17) is 23.2 Å². The van der Waals surface area contributed by atoms with E-state index in [1.165, 1.54) is 42.5 Å². The van der Waals surface area contributed by atoms with Gasteiger partial charge in [0, 0.05) is 15.7 Å². The van der Waals surface area contributed by atoms with E-state index in [1.807, 2.05) is 54.6 Å². The smallest absolute Gasteiger partial charge is 0.261 e. The summed E-state index contributed by atoms with van der Waals surface area (Å²) in [5, 5.41) is 3.43. The Morgan fingerprint density at radius 2 is 1.29 bits per heavy atom. The van der Waals surface area contributed by atoms with Crippen LogP contribution in [-0.2, 0) is 21.2 Å². The highest BCUT2D eigenvalue weighted by Gasteiger charge is 2.15. The Kier molecular flexibility index (Phi) is 7.22. The first-order chi connectivity index (χ1) is 16.3. The Labute approximate surface area is 208 Å². The van der Waals surface area contributed by atoms with Crippen molar-refractivity contribution in [3.05, 3.63) is 113 Å². The number of rotatable bonds is 7. The molecule has 34 heavy (non-hydrogen) atoms. The number of carbonyl (C=O) groups is 1. The van der Waals surface area contributed by atoms with Crippen molar-refractivity contribution in [1.29, 1.82) is 0 Å². The number of benzene rings is 4. The van der Waals surface area contributed by atoms with Crippen molar-refractivity contribution in [3.63, 3.8) is 0 Å². The lowest BCUT2D eigenvalue weighted by Gasteiger charge is -2.10. The molecule has 0 heterocycles. The molecule has 172 valence electrons. The maximum atomic E-state index is 12.6. The summed E-state index contributed by atoms with van der Waals surface area (Å²) in [6.07, 6.45) is 0.201. The number of sulfonamides is 1. The van der Waals surface area contributed by atoms with E-state index in [0.717, 1.165) is 16.7 Å². The summed E-state index contributed by atoms with van der Waals surface area (Å²) in [4.78, 5) is 12.5. The Morgan fingerprint density at radius 3 is 1.91 bits per heavy atom. The molecule has 0 saturated heterocycles. The predicted molar refractivity (Wildman–Crippen MR) is 138 cm³/mol. The zero-order valence-corrected chi connectivity index (χ0v) is 20.2. The van der Waals surface area contributed by atoms with Gasteiger partial charge in [0.05, 0.1) is 17.0 Å². The highest BCUT2D eigenvalue weighted by atomic mass is 35.5. The van der Waals surface area contributed by atoms with Crippen LogP contribution in [0.25, 0.3) is 11.1 Å². The second-order valence-corrected chi connectivity index (χ2v) is 10.1. The lowest BCUT2D eigenvalue weighted by molar-refractivity contribution is -0.115. The van der Waals surface area contributed by atoms with E-state index < -0.39 is 10.0 Å². The summed E-state index contributed by atoms with van der Waals surface area (Å²) < 4.78 is 27.7. The molecule has 0 spiro atoms. The number of nitrogens with one attached hydrogen (secondary N) is 2. The van der Waals surface area contributed by atoms with Gasteiger partial charge in [-0.05, 0) is 59.2 Å². The molecule has 0 unspecified atom stereocenters. The molecule has 0 bridgehead atoms. The summed E-state index contributed by atoms with van der Waals surface area (Å²) in [6.45, 7) is 0. The van der Waals surface area contributed by atoms with Crippen molar-refractivity contribution < 1.29 is 13.2 Å². The van der Waals surface area contributed by atoms with Gasteiger partial charge in [-0.25, -0.2) is 8.42 Å². The third kappa shape index (κ3) is 6.17. The Hall–Kier alpha value is -3.32. The number of amides is 1. The molecule has 8 heteroatoms. The summed E-state index contributed by atoms with van der Waals surface area (Å²) in [7, 11) is -3.85. The lowest BCUT2D eigenvalue weighted by atomic mass is 10.0. The van der Waals surface area contributed by atoms with Crippen LogP contribution in [0.1, 0.15) is 5.56 Å². The summed E-state index contributed by atoms with van der Waals surface area (Å²) >= 11 is 11.9. The molecule has 0 aliphatic carbocycles. The first-order valence-electron chi connectivity index (χ1n) is 10.3. The molecular weight excluding hydrogens is 491 g/mol. The number of anilines is 2. The van der Waals surface area contributed by atoms with Gasteiger partial charge in [-0.15, -0.1) is 0 Å². The Balaban J connectivity index is 1.38. The van der Waals surface area contributed by atoms with E-state index in [-0.39, 0.29) is 22.9 Å². The van der Waals surface area contributed by atoms with Crippen molar-refractivity contribution >= 4 is 50.5 Å². The van der Waals surface area contributed by atoms with Crippen LogP contribution in [0.5, 0.6) is 0 Å². The largest absolute Gasteiger partial charge is 0.326 e. The van der Waals surface area contributed by atoms with Gasteiger partial charge in [-0.3, -0.25) is 9.52 Å². The molecule has 5 nitrogen and oxygen atoms in total. The molecule has 4 aromatic carbocycles. The summed E-state index contributed by atoms with van der Waals surface area (Å²) in [5.74, 6) is -0.199. The van der Waals surface area contributed by atoms with Crippen molar-refractivity contribution in [1.82, 2.24) is 0 Å². The van der Waals surface area contributed by atoms with Crippen molar-refractivity contribution in [2.45, 2.75) is 11.3 Å². The van der Waals surface area contributed by atoms with Gasteiger partial charge in [0.25, 0.3) is 10.0 Å². The van der Waals surface area contributed by atoms with E-state index >= 15 is 0 Å². The van der Waals surface area contributed by atoms with E-state index in [2.05, 4.69) is 10.0 Å². The van der Waals surface area contributed by atoms with Crippen LogP contribution in [0.2, 0.25) is 10.0 Å². The number of halogens is 2. The van der Waals surface area contributed by atoms with Gasteiger partial charge in [0.2, 0.25) is 5.91 Å². The fourth-order valence-corrected chi connectivity index (χ4v) is 4.95. The second-order valence-electron chi connectivity index (χ2n) is 7.58. The molecule has 2 N–H and O–H groups in total. The van der Waals surface area contributed by atoms with Crippen LogP contribution in [0.15, 0.2) is 102 Å². The Bertz CT molecular complexity index is 1390. The lowest BCUT2D eigenvalue weighted by Crippen LogP contribution is -2.15. The van der Waals surface area contributed by atoms with Gasteiger partial charge < -0.3 is 5.32 Å². The Morgan fingerprint density at radius 1 is 0.706 bits per heavy atom. The predicted octanol–water partition coefficient (Wildman–Crippen LogP) is 6.64. The molecule has 1 amide bonds. The van der Waals surface area contributed by atoms with Crippen LogP contribution >= 0.6 is 23.2 Å². The monoisotopic (exact) mass is 510 g/mol. The van der Waals surface area contributed by atoms with Crippen LogP contribution in [0.4, 0.5) is 11.4 Å². The van der Waals surface area contributed by atoms with Crippen molar-refractivity contribution in [2.24, 2.45) is 0 Å². The molecule has 0 aliphatic heterocycles. The number of hydrogen-bond donors (Lipinski definition) is 2. The number of carbonyl (C=O) groups excluding carboxylic acids is 1. The maximum Gasteiger partial charge on any atom is 0.261 e. The molecule has 0 atom stereocenters. The van der Waals surface area contributed by atoms with Crippen molar-refractivity contribution in [2.75, 3.05) is 10.0 Å². The van der Waals surface area contributed by atoms with Gasteiger partial charge in [-0.1, -0.05) is 77.8 Å². The SMILES string of the molecule is O=C(Cc1ccc(-c2ccccc2)cc1)Nc1ccc(S(=O)(=O)Nc2cc(Cl)cc(Cl)c2)cc1. The quantitative estimate of drug-likeness (QED) is 0.292. The van der Waals surface area contributed by atoms with Crippen LogP contribution in [-0.4, -0.2) is 14.3 Å². The molecule has 0 radical (unpaired) electrons. The van der Waals surface area contributed by atoms with Gasteiger partial charge in [0.15, 0.2) is 0 Å². The van der Waals surface area contributed by atoms with Crippen LogP contribution in [0.3, 0.4) is 0 Å². The summed E-state index contributed by atoms with van der Waals surface area (Å²) in [6, 6.07) is 28.2. The van der Waals surface area contributed by atoms with Gasteiger partial charge >= 0.3 is 0 Å². The standard InChI is InChI=1S/C26H20Cl2N2O3S/c27-21-15-22(28)17-24(16-21)30-34(32,33)25-12-10-23(11-13-25)29-26(31)14-18-6-8-20(9-7-18)19-4-2-1-3-5-19/h1-13,15-17,30H,14H2,(H,29,31). The zero-order valence-electron chi connectivity index (χ0n) is 17.8. The maximum absolute atomic E-state index is 12.6. The first kappa shape index (κ1) is 23.8. The van der Waals surface area contributed by atoms with E-state index in [9.17, 15) is 13.2 Å². The number of hydrogen-bond acceptors (Lipinski definition) is 3. The third-order valence-corrected chi connectivity index (χ3v) is 6.82. The molecule has 0 fully saturated rings. The second kappa shape index (κ2) is 10.3. The molecule has 4 rings (SSSR count). The minimum atomic E-state index is -3.85. The molecular formula is C26H20Cl2N2O3S. The zero-order chi connectivity index (χ0) is 24.1. The van der Waals surface area contributed by atoms with E-state index in [0.29, 0.717) is 15.7 Å². The highest BCUT2D eigenvalue weighted by molar-refractivity contribution is 7.92. The van der Waals surface area contributed by atoms with E-state index in [1.54, 1.807) is 0 Å². The fourth-order valence-electron chi connectivity index (χ4n) is 3.38. The highest BCUT2D eigenvalue weighted by Crippen LogP contribution is 2.25. The van der Waals surface area contributed by atoms with Gasteiger partial charge in [0.1, 0.15) is 0 Å². The van der Waals surface area contributed by atoms with Crippen LogP contribution < -0.4 is 10.0 Å². The summed E-state index contributed by atoms with van der Waals surface area (Å²) in [5.41, 5.74) is 3.82. The average molecular weight is 511 g/mol. The third-order valence-electron chi connectivity index (χ3n) is 4.99. The molecule has 4 aromatic rings. The first-order valence-corrected chi connectivity index (χ1v) is 12.6. The minimum Gasteiger partial charge on any atom is -0.326 e. The molecule has 0 aliphatic rings. The normalized spacial score (nSPS) is 11.1. The minimum absolute atomic E-state index is 0.0399. The van der Waals surface area contributed by atoms with Gasteiger partial charge in [-0.2, -0.15) is 0 Å².